The summed E-state index contributed by atoms with van der Waals surface area (Å²) >= 11 is 0. The van der Waals surface area contributed by atoms with Gasteiger partial charge in [-0.05, 0) is 54.4 Å². The second kappa shape index (κ2) is 10.2. The molecule has 182 valence electrons. The van der Waals surface area contributed by atoms with E-state index in [0.29, 0.717) is 12.2 Å². The van der Waals surface area contributed by atoms with Crippen molar-refractivity contribution in [2.24, 2.45) is 29.1 Å². The predicted molar refractivity (Wildman–Crippen MR) is 129 cm³/mol. The summed E-state index contributed by atoms with van der Waals surface area (Å²) in [4.78, 5) is 33.7. The minimum Gasteiger partial charge on any atom is -0.392 e. The van der Waals surface area contributed by atoms with Gasteiger partial charge in [-0.2, -0.15) is 0 Å². The van der Waals surface area contributed by atoms with Crippen LogP contribution in [0.2, 0.25) is 0 Å². The van der Waals surface area contributed by atoms with Crippen molar-refractivity contribution in [1.29, 1.82) is 0 Å². The third-order valence-electron chi connectivity index (χ3n) is 8.37. The molecule has 0 saturated heterocycles. The van der Waals surface area contributed by atoms with Crippen molar-refractivity contribution in [1.82, 2.24) is 20.6 Å². The molecule has 0 aliphatic heterocycles. The molecule has 1 aromatic carbocycles. The minimum atomic E-state index is -0.595. The van der Waals surface area contributed by atoms with Gasteiger partial charge in [0, 0.05) is 30.9 Å². The number of aliphatic hydroxyl groups excluding tert-OH is 1. The minimum absolute atomic E-state index is 0.00332. The number of nitrogens with zero attached hydrogens (tertiary/aromatic N) is 2. The van der Waals surface area contributed by atoms with Gasteiger partial charge in [-0.15, -0.1) is 0 Å². The Labute approximate surface area is 201 Å². The molecule has 4 rings (SSSR count). The molecule has 1 aromatic heterocycles. The van der Waals surface area contributed by atoms with E-state index in [4.69, 9.17) is 0 Å². The van der Waals surface area contributed by atoms with Gasteiger partial charge in [-0.3, -0.25) is 14.6 Å². The van der Waals surface area contributed by atoms with Crippen molar-refractivity contribution in [3.8, 4) is 0 Å². The highest BCUT2D eigenvalue weighted by Crippen LogP contribution is 2.55. The quantitative estimate of drug-likeness (QED) is 0.608. The number of nitrogens with one attached hydrogen (secondary N) is 2. The number of hydrogen-bond acceptors (Lipinski definition) is 5. The molecule has 1 heterocycles. The van der Waals surface area contributed by atoms with Crippen LogP contribution in [0.25, 0.3) is 0 Å². The number of hydrogen-bond donors (Lipinski definition) is 3. The Morgan fingerprint density at radius 2 is 1.91 bits per heavy atom. The highest BCUT2D eigenvalue weighted by Gasteiger charge is 2.53. The zero-order chi connectivity index (χ0) is 24.3. The van der Waals surface area contributed by atoms with Crippen LogP contribution in [-0.2, 0) is 11.3 Å². The van der Waals surface area contributed by atoms with E-state index in [1.165, 1.54) is 12.4 Å². The number of rotatable bonds is 6. The van der Waals surface area contributed by atoms with Crippen molar-refractivity contribution in [3.05, 3.63) is 60.2 Å². The molecule has 0 radical (unpaired) electrons. The largest absolute Gasteiger partial charge is 0.392 e. The van der Waals surface area contributed by atoms with Crippen molar-refractivity contribution < 1.29 is 14.7 Å². The highest BCUT2D eigenvalue weighted by atomic mass is 16.3. The molecule has 2 fully saturated rings. The summed E-state index contributed by atoms with van der Waals surface area (Å²) in [5, 5.41) is 17.7. The molecular weight excluding hydrogens is 428 g/mol. The van der Waals surface area contributed by atoms with E-state index in [0.717, 1.165) is 31.2 Å². The zero-order valence-corrected chi connectivity index (χ0v) is 20.3. The topological polar surface area (TPSA) is 104 Å². The number of benzene rings is 1. The summed E-state index contributed by atoms with van der Waals surface area (Å²) in [6.45, 7) is 6.79. The predicted octanol–water partition coefficient (Wildman–Crippen LogP) is 3.35. The smallest absolute Gasteiger partial charge is 0.271 e. The molecule has 0 bridgehead atoms. The van der Waals surface area contributed by atoms with E-state index in [2.05, 4.69) is 34.4 Å². The first-order valence-electron chi connectivity index (χ1n) is 12.4. The molecule has 7 atom stereocenters. The fourth-order valence-electron chi connectivity index (χ4n) is 6.30. The fourth-order valence-corrected chi connectivity index (χ4v) is 6.30. The van der Waals surface area contributed by atoms with Crippen LogP contribution in [0, 0.1) is 29.1 Å². The molecular formula is C27H36N4O3. The van der Waals surface area contributed by atoms with E-state index in [-0.39, 0.29) is 46.9 Å². The van der Waals surface area contributed by atoms with E-state index in [1.54, 1.807) is 6.20 Å². The summed E-state index contributed by atoms with van der Waals surface area (Å²) in [5.74, 6) is -0.555. The first-order valence-corrected chi connectivity index (χ1v) is 12.4. The van der Waals surface area contributed by atoms with Crippen LogP contribution in [-0.4, -0.2) is 39.0 Å². The van der Waals surface area contributed by atoms with Crippen LogP contribution in [0.4, 0.5) is 0 Å². The van der Waals surface area contributed by atoms with Crippen molar-refractivity contribution >= 4 is 11.8 Å². The van der Waals surface area contributed by atoms with E-state index in [1.807, 2.05) is 37.3 Å². The van der Waals surface area contributed by atoms with Gasteiger partial charge in [-0.25, -0.2) is 4.98 Å². The second-order valence-corrected chi connectivity index (χ2v) is 10.4. The Kier molecular flexibility index (Phi) is 7.31. The molecule has 2 amide bonds. The van der Waals surface area contributed by atoms with Crippen LogP contribution in [0.15, 0.2) is 48.9 Å². The number of carbonyl (C=O) groups is 2. The fraction of sp³-hybridized carbons (Fsp3) is 0.556. The first-order chi connectivity index (χ1) is 16.3. The monoisotopic (exact) mass is 464 g/mol. The maximum absolute atomic E-state index is 13.0. The molecule has 2 aromatic rings. The van der Waals surface area contributed by atoms with Gasteiger partial charge in [0.25, 0.3) is 5.91 Å². The van der Waals surface area contributed by atoms with Gasteiger partial charge in [0.05, 0.1) is 12.3 Å². The summed E-state index contributed by atoms with van der Waals surface area (Å²) < 4.78 is 0. The SMILES string of the molecule is C[C@H]1[C@@H]2[C@@H](O)C([C@H](C)C(=O)NCc3ccccc3)CC[C@@]2(C)CC[C@@H]1NC(=O)c1cnccn1. The van der Waals surface area contributed by atoms with Crippen molar-refractivity contribution in [3.63, 3.8) is 0 Å². The number of amides is 2. The Balaban J connectivity index is 1.42. The lowest BCUT2D eigenvalue weighted by molar-refractivity contribution is -0.142. The molecule has 2 saturated carbocycles. The normalized spacial score (nSPS) is 31.7. The lowest BCUT2D eigenvalue weighted by Crippen LogP contribution is -2.58. The van der Waals surface area contributed by atoms with Gasteiger partial charge in [0.1, 0.15) is 5.69 Å². The molecule has 3 N–H and O–H groups in total. The average molecular weight is 465 g/mol. The van der Waals surface area contributed by atoms with Crippen LogP contribution >= 0.6 is 0 Å². The van der Waals surface area contributed by atoms with E-state index >= 15 is 0 Å². The van der Waals surface area contributed by atoms with Gasteiger partial charge in [0.2, 0.25) is 5.91 Å². The van der Waals surface area contributed by atoms with Gasteiger partial charge < -0.3 is 15.7 Å². The van der Waals surface area contributed by atoms with Gasteiger partial charge >= 0.3 is 0 Å². The van der Waals surface area contributed by atoms with E-state index < -0.39 is 6.10 Å². The zero-order valence-electron chi connectivity index (χ0n) is 20.3. The van der Waals surface area contributed by atoms with Crippen molar-refractivity contribution in [2.45, 2.75) is 65.1 Å². The average Bonchev–Trinajstić information content (AvgIpc) is 2.85. The Hall–Kier alpha value is -2.80. The van der Waals surface area contributed by atoms with Crippen LogP contribution in [0.3, 0.4) is 0 Å². The van der Waals surface area contributed by atoms with Crippen LogP contribution < -0.4 is 10.6 Å². The Bertz CT molecular complexity index is 986. The third kappa shape index (κ3) is 4.99. The standard InChI is InChI=1S/C27H36N4O3/c1-17(25(33)30-15-19-7-5-4-6-8-19)20-9-11-27(3)12-10-21(18(2)23(27)24(20)32)31-26(34)22-16-28-13-14-29-22/h4-8,13-14,16-18,20-21,23-24,32H,9-12,15H2,1-3H3,(H,30,33)(H,31,34)/t17-,18+,20?,21-,23+,24-,27-/m0/s1. The first kappa shape index (κ1) is 24.3. The van der Waals surface area contributed by atoms with E-state index in [9.17, 15) is 14.7 Å². The number of carbonyl (C=O) groups excluding carboxylic acids is 2. The van der Waals surface area contributed by atoms with Crippen LogP contribution in [0.5, 0.6) is 0 Å². The lowest BCUT2D eigenvalue weighted by atomic mass is 9.51. The Morgan fingerprint density at radius 1 is 1.18 bits per heavy atom. The summed E-state index contributed by atoms with van der Waals surface area (Å²) in [6.07, 6.45) is 7.53. The highest BCUT2D eigenvalue weighted by molar-refractivity contribution is 5.92. The Morgan fingerprint density at radius 3 is 2.62 bits per heavy atom. The van der Waals surface area contributed by atoms with Gasteiger partial charge in [-0.1, -0.05) is 51.1 Å². The number of fused-ring (bicyclic) bond motifs is 1. The summed E-state index contributed by atoms with van der Waals surface area (Å²) in [5.41, 5.74) is 1.36. The molecule has 0 spiro atoms. The maximum atomic E-state index is 13.0. The molecule has 7 heteroatoms. The molecule has 2 aliphatic carbocycles. The molecule has 7 nitrogen and oxygen atoms in total. The summed E-state index contributed by atoms with van der Waals surface area (Å²) in [6, 6.07) is 9.80. The maximum Gasteiger partial charge on any atom is 0.271 e. The lowest BCUT2D eigenvalue weighted by Gasteiger charge is -2.56. The summed E-state index contributed by atoms with van der Waals surface area (Å²) in [7, 11) is 0. The second-order valence-electron chi connectivity index (χ2n) is 10.4. The van der Waals surface area contributed by atoms with Crippen LogP contribution in [0.1, 0.15) is 62.5 Å². The molecule has 2 aliphatic rings. The molecule has 34 heavy (non-hydrogen) atoms. The third-order valence-corrected chi connectivity index (χ3v) is 8.37. The molecule has 1 unspecified atom stereocenters. The van der Waals surface area contributed by atoms with Crippen molar-refractivity contribution in [2.75, 3.05) is 0 Å². The number of aliphatic hydroxyl groups is 1. The number of aromatic nitrogens is 2. The van der Waals surface area contributed by atoms with Gasteiger partial charge in [0.15, 0.2) is 0 Å².